The first kappa shape index (κ1) is 11.2. The highest BCUT2D eigenvalue weighted by Gasteiger charge is 2.10. The summed E-state index contributed by atoms with van der Waals surface area (Å²) in [7, 11) is 1.63. The summed E-state index contributed by atoms with van der Waals surface area (Å²) in [5, 5.41) is 0. The fraction of sp³-hybridized carbons (Fsp3) is 0.364. The molecule has 1 atom stereocenters. The summed E-state index contributed by atoms with van der Waals surface area (Å²) in [6.07, 6.45) is 0.701. The lowest BCUT2D eigenvalue weighted by Gasteiger charge is -2.07. The molecule has 0 N–H and O–H groups in total. The van der Waals surface area contributed by atoms with Gasteiger partial charge in [0.25, 0.3) is 0 Å². The minimum atomic E-state index is -0.102. The van der Waals surface area contributed by atoms with Crippen molar-refractivity contribution in [3.63, 3.8) is 0 Å². The van der Waals surface area contributed by atoms with Crippen molar-refractivity contribution in [1.82, 2.24) is 0 Å². The van der Waals surface area contributed by atoms with Gasteiger partial charge < -0.3 is 4.74 Å². The second-order valence-corrected chi connectivity index (χ2v) is 4.24. The quantitative estimate of drug-likeness (QED) is 0.775. The number of rotatable bonds is 4. The maximum absolute atomic E-state index is 11.0. The van der Waals surface area contributed by atoms with Crippen molar-refractivity contribution in [2.24, 2.45) is 0 Å². The largest absolute Gasteiger partial charge is 0.497 e. The molecular weight excluding hydrogens is 244 g/mol. The molecule has 0 amide bonds. The zero-order valence-electron chi connectivity index (χ0n) is 8.29. The SMILES string of the molecule is COc1cccc(CC(Br)C(C)=O)c1. The van der Waals surface area contributed by atoms with E-state index in [1.165, 1.54) is 0 Å². The van der Waals surface area contributed by atoms with E-state index >= 15 is 0 Å². The van der Waals surface area contributed by atoms with E-state index in [0.717, 1.165) is 11.3 Å². The van der Waals surface area contributed by atoms with Gasteiger partial charge in [-0.3, -0.25) is 4.79 Å². The van der Waals surface area contributed by atoms with E-state index in [9.17, 15) is 4.79 Å². The molecule has 3 heteroatoms. The van der Waals surface area contributed by atoms with Gasteiger partial charge in [-0.05, 0) is 31.0 Å². The number of ether oxygens (including phenoxy) is 1. The van der Waals surface area contributed by atoms with Crippen molar-refractivity contribution < 1.29 is 9.53 Å². The van der Waals surface area contributed by atoms with E-state index in [4.69, 9.17) is 4.74 Å². The Labute approximate surface area is 92.4 Å². The van der Waals surface area contributed by atoms with Gasteiger partial charge in [0.2, 0.25) is 0 Å². The van der Waals surface area contributed by atoms with Gasteiger partial charge in [-0.15, -0.1) is 0 Å². The number of carbonyl (C=O) groups excluding carboxylic acids is 1. The molecule has 0 saturated carbocycles. The summed E-state index contributed by atoms with van der Waals surface area (Å²) in [4.78, 5) is 10.9. The Hall–Kier alpha value is -0.830. The number of benzene rings is 1. The van der Waals surface area contributed by atoms with Crippen molar-refractivity contribution >= 4 is 21.7 Å². The highest BCUT2D eigenvalue weighted by Crippen LogP contribution is 2.16. The molecule has 0 spiro atoms. The summed E-state index contributed by atoms with van der Waals surface area (Å²) in [6, 6.07) is 7.74. The summed E-state index contributed by atoms with van der Waals surface area (Å²) >= 11 is 3.34. The molecule has 0 radical (unpaired) electrons. The average molecular weight is 257 g/mol. The van der Waals surface area contributed by atoms with Crippen LogP contribution < -0.4 is 4.74 Å². The van der Waals surface area contributed by atoms with Gasteiger partial charge >= 0.3 is 0 Å². The normalized spacial score (nSPS) is 12.2. The van der Waals surface area contributed by atoms with E-state index < -0.39 is 0 Å². The number of alkyl halides is 1. The van der Waals surface area contributed by atoms with Gasteiger partial charge in [-0.25, -0.2) is 0 Å². The molecule has 0 aliphatic carbocycles. The van der Waals surface area contributed by atoms with Crippen LogP contribution in [0.5, 0.6) is 5.75 Å². The topological polar surface area (TPSA) is 26.3 Å². The molecule has 2 nitrogen and oxygen atoms in total. The standard InChI is InChI=1S/C11H13BrO2/c1-8(13)11(12)7-9-4-3-5-10(6-9)14-2/h3-6,11H,7H2,1-2H3. The van der Waals surface area contributed by atoms with Crippen LogP contribution in [0, 0.1) is 0 Å². The van der Waals surface area contributed by atoms with Crippen LogP contribution in [0.4, 0.5) is 0 Å². The van der Waals surface area contributed by atoms with Crippen LogP contribution in [0.25, 0.3) is 0 Å². The summed E-state index contributed by atoms with van der Waals surface area (Å²) in [5.74, 6) is 0.971. The second-order valence-electron chi connectivity index (χ2n) is 3.13. The van der Waals surface area contributed by atoms with Crippen LogP contribution in [0.2, 0.25) is 0 Å². The maximum atomic E-state index is 11.0. The van der Waals surface area contributed by atoms with Crippen molar-refractivity contribution in [3.8, 4) is 5.75 Å². The molecular formula is C11H13BrO2. The van der Waals surface area contributed by atoms with Crippen molar-refractivity contribution in [2.75, 3.05) is 7.11 Å². The van der Waals surface area contributed by atoms with Crippen molar-refractivity contribution in [1.29, 1.82) is 0 Å². The molecule has 0 saturated heterocycles. The fourth-order valence-electron chi connectivity index (χ4n) is 1.15. The molecule has 1 aromatic carbocycles. The number of carbonyl (C=O) groups is 1. The van der Waals surface area contributed by atoms with Gasteiger partial charge in [0.15, 0.2) is 0 Å². The number of ketones is 1. The number of hydrogen-bond acceptors (Lipinski definition) is 2. The van der Waals surface area contributed by atoms with E-state index in [1.54, 1.807) is 14.0 Å². The molecule has 0 aliphatic rings. The summed E-state index contributed by atoms with van der Waals surface area (Å²) in [6.45, 7) is 1.58. The molecule has 0 fully saturated rings. The first-order chi connectivity index (χ1) is 6.63. The third-order valence-electron chi connectivity index (χ3n) is 1.99. The Morgan fingerprint density at radius 1 is 1.57 bits per heavy atom. The Morgan fingerprint density at radius 3 is 2.86 bits per heavy atom. The molecule has 0 aliphatic heterocycles. The molecule has 14 heavy (non-hydrogen) atoms. The van der Waals surface area contributed by atoms with Crippen LogP contribution in [0.15, 0.2) is 24.3 Å². The van der Waals surface area contributed by atoms with Crippen LogP contribution in [-0.2, 0) is 11.2 Å². The highest BCUT2D eigenvalue weighted by molar-refractivity contribution is 9.10. The molecule has 1 rings (SSSR count). The van der Waals surface area contributed by atoms with Gasteiger partial charge in [-0.2, -0.15) is 0 Å². The molecule has 76 valence electrons. The molecule has 0 aromatic heterocycles. The van der Waals surface area contributed by atoms with E-state index in [0.29, 0.717) is 6.42 Å². The molecule has 1 unspecified atom stereocenters. The van der Waals surface area contributed by atoms with E-state index in [2.05, 4.69) is 15.9 Å². The van der Waals surface area contributed by atoms with Crippen LogP contribution in [0.1, 0.15) is 12.5 Å². The van der Waals surface area contributed by atoms with Gasteiger partial charge in [0, 0.05) is 0 Å². The lowest BCUT2D eigenvalue weighted by Crippen LogP contribution is -2.12. The fourth-order valence-corrected chi connectivity index (χ4v) is 1.52. The Bertz CT molecular complexity index is 323. The molecule has 1 aromatic rings. The third kappa shape index (κ3) is 3.14. The maximum Gasteiger partial charge on any atom is 0.143 e. The monoisotopic (exact) mass is 256 g/mol. The number of methoxy groups -OCH3 is 1. The first-order valence-corrected chi connectivity index (χ1v) is 5.32. The summed E-state index contributed by atoms with van der Waals surface area (Å²) in [5.41, 5.74) is 1.10. The number of Topliss-reactive ketones (excluding diaryl/α,β-unsaturated/α-hetero) is 1. The minimum Gasteiger partial charge on any atom is -0.497 e. The average Bonchev–Trinajstić information content (AvgIpc) is 2.18. The van der Waals surface area contributed by atoms with Gasteiger partial charge in [0.1, 0.15) is 11.5 Å². The molecule has 0 heterocycles. The highest BCUT2D eigenvalue weighted by atomic mass is 79.9. The first-order valence-electron chi connectivity index (χ1n) is 4.41. The van der Waals surface area contributed by atoms with Crippen LogP contribution >= 0.6 is 15.9 Å². The lowest BCUT2D eigenvalue weighted by atomic mass is 10.1. The Kier molecular flexibility index (Phi) is 4.14. The third-order valence-corrected chi connectivity index (χ3v) is 2.96. The van der Waals surface area contributed by atoms with Gasteiger partial charge in [0.05, 0.1) is 11.9 Å². The second kappa shape index (κ2) is 5.15. The predicted molar refractivity (Wildman–Crippen MR) is 60.1 cm³/mol. The van der Waals surface area contributed by atoms with Crippen molar-refractivity contribution in [2.45, 2.75) is 18.2 Å². The summed E-state index contributed by atoms with van der Waals surface area (Å²) < 4.78 is 5.10. The lowest BCUT2D eigenvalue weighted by molar-refractivity contribution is -0.116. The zero-order chi connectivity index (χ0) is 10.6. The van der Waals surface area contributed by atoms with Crippen LogP contribution in [-0.4, -0.2) is 17.7 Å². The smallest absolute Gasteiger partial charge is 0.143 e. The minimum absolute atomic E-state index is 0.102. The number of halogens is 1. The van der Waals surface area contributed by atoms with Crippen molar-refractivity contribution in [3.05, 3.63) is 29.8 Å². The zero-order valence-corrected chi connectivity index (χ0v) is 9.87. The molecule has 0 bridgehead atoms. The van der Waals surface area contributed by atoms with E-state index in [-0.39, 0.29) is 10.6 Å². The van der Waals surface area contributed by atoms with Gasteiger partial charge in [-0.1, -0.05) is 28.1 Å². The predicted octanol–water partition coefficient (Wildman–Crippen LogP) is 2.59. The van der Waals surface area contributed by atoms with Crippen LogP contribution in [0.3, 0.4) is 0 Å². The van der Waals surface area contributed by atoms with E-state index in [1.807, 2.05) is 24.3 Å². The Balaban J connectivity index is 2.71. The number of hydrogen-bond donors (Lipinski definition) is 0. The Morgan fingerprint density at radius 2 is 2.29 bits per heavy atom.